The van der Waals surface area contributed by atoms with E-state index in [4.69, 9.17) is 14.0 Å². The molecule has 1 aliphatic heterocycles. The second-order valence-electron chi connectivity index (χ2n) is 6.54. The summed E-state index contributed by atoms with van der Waals surface area (Å²) in [6.45, 7) is 2.34. The summed E-state index contributed by atoms with van der Waals surface area (Å²) in [5.41, 5.74) is 2.03. The van der Waals surface area contributed by atoms with Crippen molar-refractivity contribution in [2.45, 2.75) is 31.9 Å². The molecule has 3 heterocycles. The Kier molecular flexibility index (Phi) is 5.40. The molecule has 1 N–H and O–H groups in total. The van der Waals surface area contributed by atoms with Crippen molar-refractivity contribution in [2.75, 3.05) is 13.7 Å². The zero-order valence-electron chi connectivity index (χ0n) is 15.7. The number of carbonyl (C=O) groups is 1. The quantitative estimate of drug-likeness (QED) is 0.684. The first-order valence-electron chi connectivity index (χ1n) is 9.06. The number of benzene rings is 1. The smallest absolute Gasteiger partial charge is 0.223 e. The van der Waals surface area contributed by atoms with Gasteiger partial charge in [-0.05, 0) is 29.5 Å². The zero-order valence-corrected chi connectivity index (χ0v) is 16.5. The van der Waals surface area contributed by atoms with Gasteiger partial charge in [-0.3, -0.25) is 4.79 Å². The number of amides is 1. The average molecular weight is 399 g/mol. The maximum absolute atomic E-state index is 12.9. The standard InChI is InChI=1S/C20H21N3O4S/c1-12-21-20(23-27-12)18(14-5-3-4-6-15(14)25-2)22-17(24)11-16-19-13(7-9-26-16)8-10-28-19/h3-6,8,10,16,18H,7,9,11H2,1-2H3,(H,22,24)/t16-,18-/m1/s1. The minimum absolute atomic E-state index is 0.149. The van der Waals surface area contributed by atoms with E-state index in [0.717, 1.165) is 16.9 Å². The Bertz CT molecular complexity index is 968. The van der Waals surface area contributed by atoms with Crippen LogP contribution in [0.5, 0.6) is 5.75 Å². The fraction of sp³-hybridized carbons (Fsp3) is 0.350. The summed E-state index contributed by atoms with van der Waals surface area (Å²) in [6.07, 6.45) is 0.896. The Hall–Kier alpha value is -2.71. The highest BCUT2D eigenvalue weighted by molar-refractivity contribution is 7.10. The molecule has 0 fully saturated rings. The predicted octanol–water partition coefficient (Wildman–Crippen LogP) is 3.36. The number of fused-ring (bicyclic) bond motifs is 1. The third kappa shape index (κ3) is 3.79. The van der Waals surface area contributed by atoms with Crippen molar-refractivity contribution in [1.29, 1.82) is 0 Å². The van der Waals surface area contributed by atoms with E-state index in [0.29, 0.717) is 24.1 Å². The normalized spacial score (nSPS) is 17.0. The van der Waals surface area contributed by atoms with E-state index in [2.05, 4.69) is 21.5 Å². The molecule has 28 heavy (non-hydrogen) atoms. The van der Waals surface area contributed by atoms with Crippen LogP contribution in [-0.4, -0.2) is 29.8 Å². The minimum atomic E-state index is -0.576. The van der Waals surface area contributed by atoms with Crippen molar-refractivity contribution in [1.82, 2.24) is 15.5 Å². The number of hydrogen-bond acceptors (Lipinski definition) is 7. The van der Waals surface area contributed by atoms with Gasteiger partial charge in [0.05, 0.1) is 20.1 Å². The monoisotopic (exact) mass is 399 g/mol. The highest BCUT2D eigenvalue weighted by atomic mass is 32.1. The molecule has 1 amide bonds. The van der Waals surface area contributed by atoms with Gasteiger partial charge in [-0.15, -0.1) is 11.3 Å². The number of thiophene rings is 1. The number of nitrogens with one attached hydrogen (secondary N) is 1. The van der Waals surface area contributed by atoms with Gasteiger partial charge in [0.15, 0.2) is 5.82 Å². The molecule has 146 valence electrons. The van der Waals surface area contributed by atoms with Crippen LogP contribution in [0.4, 0.5) is 0 Å². The lowest BCUT2D eigenvalue weighted by atomic mass is 10.0. The molecule has 2 aromatic heterocycles. The Morgan fingerprint density at radius 2 is 2.25 bits per heavy atom. The Morgan fingerprint density at radius 3 is 3.04 bits per heavy atom. The van der Waals surface area contributed by atoms with Gasteiger partial charge in [-0.2, -0.15) is 4.98 Å². The summed E-state index contributed by atoms with van der Waals surface area (Å²) < 4.78 is 16.4. The molecule has 2 atom stereocenters. The molecule has 0 saturated carbocycles. The first-order valence-corrected chi connectivity index (χ1v) is 9.94. The molecule has 7 nitrogen and oxygen atoms in total. The summed E-state index contributed by atoms with van der Waals surface area (Å²) in [5.74, 6) is 1.31. The van der Waals surface area contributed by atoms with Gasteiger partial charge in [-0.1, -0.05) is 23.4 Å². The van der Waals surface area contributed by atoms with Gasteiger partial charge >= 0.3 is 0 Å². The number of aryl methyl sites for hydroxylation is 1. The van der Waals surface area contributed by atoms with E-state index in [9.17, 15) is 4.79 Å². The van der Waals surface area contributed by atoms with E-state index < -0.39 is 6.04 Å². The second-order valence-corrected chi connectivity index (χ2v) is 7.49. The lowest BCUT2D eigenvalue weighted by Gasteiger charge is -2.24. The number of ether oxygens (including phenoxy) is 2. The molecule has 3 aromatic rings. The van der Waals surface area contributed by atoms with Crippen molar-refractivity contribution in [3.8, 4) is 5.75 Å². The lowest BCUT2D eigenvalue weighted by molar-refractivity contribution is -0.124. The van der Waals surface area contributed by atoms with Crippen LogP contribution in [0.3, 0.4) is 0 Å². The molecular weight excluding hydrogens is 378 g/mol. The third-order valence-corrected chi connectivity index (χ3v) is 5.74. The highest BCUT2D eigenvalue weighted by Crippen LogP contribution is 2.34. The molecule has 1 aromatic carbocycles. The lowest BCUT2D eigenvalue weighted by Crippen LogP contribution is -2.32. The molecule has 4 rings (SSSR count). The number of methoxy groups -OCH3 is 1. The Balaban J connectivity index is 1.57. The first-order chi connectivity index (χ1) is 13.7. The summed E-state index contributed by atoms with van der Waals surface area (Å²) in [7, 11) is 1.59. The van der Waals surface area contributed by atoms with Gasteiger partial charge in [0, 0.05) is 17.4 Å². The van der Waals surface area contributed by atoms with E-state index in [1.54, 1.807) is 25.4 Å². The molecule has 0 radical (unpaired) electrons. The van der Waals surface area contributed by atoms with Crippen LogP contribution < -0.4 is 10.1 Å². The summed E-state index contributed by atoms with van der Waals surface area (Å²) in [6, 6.07) is 9.00. The van der Waals surface area contributed by atoms with E-state index >= 15 is 0 Å². The average Bonchev–Trinajstić information content (AvgIpc) is 3.35. The van der Waals surface area contributed by atoms with Crippen LogP contribution in [0, 0.1) is 6.92 Å². The van der Waals surface area contributed by atoms with Crippen molar-refractivity contribution in [2.24, 2.45) is 0 Å². The van der Waals surface area contributed by atoms with Gasteiger partial charge in [0.2, 0.25) is 11.8 Å². The maximum atomic E-state index is 12.9. The number of nitrogens with zero attached hydrogens (tertiary/aromatic N) is 2. The van der Waals surface area contributed by atoms with Gasteiger partial charge < -0.3 is 19.3 Å². The second kappa shape index (κ2) is 8.12. The number of para-hydroxylation sites is 1. The SMILES string of the molecule is COc1ccccc1[C@@H](NC(=O)C[C@H]1OCCc2ccsc21)c1noc(C)n1. The largest absolute Gasteiger partial charge is 0.496 e. The number of carbonyl (C=O) groups excluding carboxylic acids is 1. The van der Waals surface area contributed by atoms with Crippen LogP contribution in [0.2, 0.25) is 0 Å². The molecule has 1 aliphatic rings. The molecule has 0 unspecified atom stereocenters. The molecule has 0 spiro atoms. The number of rotatable bonds is 6. The van der Waals surface area contributed by atoms with Crippen LogP contribution in [0.15, 0.2) is 40.2 Å². The fourth-order valence-electron chi connectivity index (χ4n) is 3.38. The van der Waals surface area contributed by atoms with Gasteiger partial charge in [-0.25, -0.2) is 0 Å². The van der Waals surface area contributed by atoms with Crippen molar-refractivity contribution >= 4 is 17.2 Å². The Morgan fingerprint density at radius 1 is 1.39 bits per heavy atom. The predicted molar refractivity (Wildman–Crippen MR) is 103 cm³/mol. The number of aromatic nitrogens is 2. The molecule has 0 aliphatic carbocycles. The minimum Gasteiger partial charge on any atom is -0.496 e. The molecule has 8 heteroatoms. The van der Waals surface area contributed by atoms with Crippen LogP contribution in [0.25, 0.3) is 0 Å². The van der Waals surface area contributed by atoms with E-state index in [-0.39, 0.29) is 18.4 Å². The third-order valence-electron chi connectivity index (χ3n) is 4.69. The molecule has 0 saturated heterocycles. The highest BCUT2D eigenvalue weighted by Gasteiger charge is 2.29. The van der Waals surface area contributed by atoms with E-state index in [1.807, 2.05) is 29.6 Å². The Labute approximate surface area is 166 Å². The molecule has 0 bridgehead atoms. The summed E-state index contributed by atoms with van der Waals surface area (Å²) in [4.78, 5) is 18.3. The van der Waals surface area contributed by atoms with Gasteiger partial charge in [0.1, 0.15) is 17.9 Å². The zero-order chi connectivity index (χ0) is 19.5. The van der Waals surface area contributed by atoms with Gasteiger partial charge in [0.25, 0.3) is 0 Å². The number of hydrogen-bond donors (Lipinski definition) is 1. The van der Waals surface area contributed by atoms with Crippen LogP contribution in [0.1, 0.15) is 46.3 Å². The van der Waals surface area contributed by atoms with Crippen LogP contribution in [-0.2, 0) is 16.0 Å². The van der Waals surface area contributed by atoms with Crippen molar-refractivity contribution in [3.05, 3.63) is 63.4 Å². The summed E-state index contributed by atoms with van der Waals surface area (Å²) in [5, 5.41) is 9.08. The maximum Gasteiger partial charge on any atom is 0.223 e. The topological polar surface area (TPSA) is 86.5 Å². The molecular formula is C20H21N3O4S. The first kappa shape index (κ1) is 18.6. The van der Waals surface area contributed by atoms with Crippen molar-refractivity contribution < 1.29 is 18.8 Å². The van der Waals surface area contributed by atoms with Crippen LogP contribution >= 0.6 is 11.3 Å². The van der Waals surface area contributed by atoms with E-state index in [1.165, 1.54) is 5.56 Å². The van der Waals surface area contributed by atoms with Crippen molar-refractivity contribution in [3.63, 3.8) is 0 Å². The fourth-order valence-corrected chi connectivity index (χ4v) is 4.39. The summed E-state index contributed by atoms with van der Waals surface area (Å²) >= 11 is 1.63.